The molecule has 0 spiro atoms. The van der Waals surface area contributed by atoms with Crippen molar-refractivity contribution in [1.82, 2.24) is 19.5 Å². The monoisotopic (exact) mass is 405 g/mol. The molecule has 1 aliphatic rings. The Morgan fingerprint density at radius 2 is 2.00 bits per heavy atom. The number of nitrogens with one attached hydrogen (secondary N) is 1. The zero-order valence-corrected chi connectivity index (χ0v) is 16.7. The van der Waals surface area contributed by atoms with Crippen LogP contribution >= 0.6 is 0 Å². The van der Waals surface area contributed by atoms with Gasteiger partial charge in [0, 0.05) is 18.9 Å². The first kappa shape index (κ1) is 19.6. The van der Waals surface area contributed by atoms with Gasteiger partial charge in [-0.1, -0.05) is 23.8 Å². The summed E-state index contributed by atoms with van der Waals surface area (Å²) in [6.07, 6.45) is 7.86. The minimum atomic E-state index is -0.704. The van der Waals surface area contributed by atoms with Gasteiger partial charge < -0.3 is 5.11 Å². The minimum absolute atomic E-state index is 0.0490. The van der Waals surface area contributed by atoms with E-state index in [4.69, 9.17) is 0 Å². The summed E-state index contributed by atoms with van der Waals surface area (Å²) in [5.74, 6) is -0.439. The molecule has 4 rings (SSSR count). The number of piperidine rings is 1. The lowest BCUT2D eigenvalue weighted by atomic mass is 9.98. The van der Waals surface area contributed by atoms with Crippen molar-refractivity contribution in [3.8, 4) is 11.6 Å². The molecule has 3 aromatic rings. The van der Waals surface area contributed by atoms with Gasteiger partial charge >= 0.3 is 5.69 Å². The van der Waals surface area contributed by atoms with Crippen LogP contribution in [0.15, 0.2) is 63.5 Å². The summed E-state index contributed by atoms with van der Waals surface area (Å²) < 4.78 is 1.07. The molecular formula is C22H23N5O3. The molecule has 0 aliphatic carbocycles. The zero-order chi connectivity index (χ0) is 21.1. The van der Waals surface area contributed by atoms with E-state index >= 15 is 0 Å². The highest BCUT2D eigenvalue weighted by atomic mass is 16.3. The van der Waals surface area contributed by atoms with Crippen molar-refractivity contribution in [3.63, 3.8) is 0 Å². The summed E-state index contributed by atoms with van der Waals surface area (Å²) >= 11 is 0. The molecule has 0 amide bonds. The molecule has 8 heteroatoms. The Labute approximate surface area is 173 Å². The molecule has 1 aromatic carbocycles. The van der Waals surface area contributed by atoms with Gasteiger partial charge in [0.1, 0.15) is 5.56 Å². The number of hydrogen-bond donors (Lipinski definition) is 2. The van der Waals surface area contributed by atoms with Crippen molar-refractivity contribution < 1.29 is 5.11 Å². The third-order valence-corrected chi connectivity index (χ3v) is 5.29. The highest BCUT2D eigenvalue weighted by Gasteiger charge is 2.23. The molecule has 1 aliphatic heterocycles. The number of hydrogen-bond acceptors (Lipinski definition) is 6. The largest absolute Gasteiger partial charge is 0.493 e. The zero-order valence-electron chi connectivity index (χ0n) is 16.7. The van der Waals surface area contributed by atoms with Crippen LogP contribution < -0.4 is 11.2 Å². The molecule has 1 fully saturated rings. The first-order chi connectivity index (χ1) is 14.5. The maximum atomic E-state index is 12.4. The van der Waals surface area contributed by atoms with Gasteiger partial charge in [-0.15, -0.1) is 0 Å². The van der Waals surface area contributed by atoms with E-state index in [1.807, 2.05) is 42.4 Å². The fourth-order valence-corrected chi connectivity index (χ4v) is 3.69. The van der Waals surface area contributed by atoms with Crippen LogP contribution in [0.2, 0.25) is 0 Å². The van der Waals surface area contributed by atoms with Crippen molar-refractivity contribution in [1.29, 1.82) is 0 Å². The number of benzene rings is 1. The molecular weight excluding hydrogens is 382 g/mol. The average Bonchev–Trinajstić information content (AvgIpc) is 2.75. The predicted molar refractivity (Wildman–Crippen MR) is 114 cm³/mol. The number of H-pyrrole nitrogens is 1. The Morgan fingerprint density at radius 1 is 1.20 bits per heavy atom. The summed E-state index contributed by atoms with van der Waals surface area (Å²) in [5.41, 5.74) is 1.08. The number of hydrazone groups is 1. The first-order valence-corrected chi connectivity index (χ1v) is 9.90. The van der Waals surface area contributed by atoms with E-state index < -0.39 is 17.1 Å². The molecule has 30 heavy (non-hydrogen) atoms. The number of aromatic amines is 1. The first-order valence-electron chi connectivity index (χ1n) is 9.90. The van der Waals surface area contributed by atoms with E-state index in [1.165, 1.54) is 6.21 Å². The van der Waals surface area contributed by atoms with E-state index in [1.54, 1.807) is 18.3 Å². The fraction of sp³-hybridized carbons (Fsp3) is 0.273. The fourth-order valence-electron chi connectivity index (χ4n) is 3.69. The Kier molecular flexibility index (Phi) is 5.47. The molecule has 1 saturated heterocycles. The van der Waals surface area contributed by atoms with Gasteiger partial charge in [0.05, 0.1) is 17.9 Å². The third-order valence-electron chi connectivity index (χ3n) is 5.29. The van der Waals surface area contributed by atoms with E-state index in [0.29, 0.717) is 5.69 Å². The van der Waals surface area contributed by atoms with Crippen LogP contribution in [-0.4, -0.2) is 37.4 Å². The SMILES string of the molecule is Cc1ccc(-n2c(O)c(C=NN3CCCC[C@@H]3c3cccnc3)c(=O)[nH]c2=O)cc1. The predicted octanol–water partition coefficient (Wildman–Crippen LogP) is 2.50. The number of aromatic nitrogens is 3. The number of aromatic hydroxyl groups is 1. The molecule has 154 valence electrons. The molecule has 0 bridgehead atoms. The second-order valence-corrected chi connectivity index (χ2v) is 7.37. The smallest absolute Gasteiger partial charge is 0.335 e. The van der Waals surface area contributed by atoms with Crippen molar-refractivity contribution in [3.05, 3.63) is 86.3 Å². The Bertz CT molecular complexity index is 1170. The van der Waals surface area contributed by atoms with Crippen molar-refractivity contribution in [2.45, 2.75) is 32.2 Å². The lowest BCUT2D eigenvalue weighted by molar-refractivity contribution is 0.156. The van der Waals surface area contributed by atoms with Crippen LogP contribution in [0.4, 0.5) is 0 Å². The van der Waals surface area contributed by atoms with E-state index in [2.05, 4.69) is 15.1 Å². The van der Waals surface area contributed by atoms with Crippen LogP contribution in [-0.2, 0) is 0 Å². The van der Waals surface area contributed by atoms with Crippen LogP contribution in [0.25, 0.3) is 5.69 Å². The summed E-state index contributed by atoms with van der Waals surface area (Å²) in [6, 6.07) is 11.0. The molecule has 1 atom stereocenters. The molecule has 2 aromatic heterocycles. The van der Waals surface area contributed by atoms with Gasteiger partial charge in [-0.25, -0.2) is 9.36 Å². The third kappa shape index (κ3) is 3.89. The lowest BCUT2D eigenvalue weighted by Gasteiger charge is -2.33. The highest BCUT2D eigenvalue weighted by molar-refractivity contribution is 5.82. The van der Waals surface area contributed by atoms with Crippen molar-refractivity contribution in [2.75, 3.05) is 6.54 Å². The molecule has 2 N–H and O–H groups in total. The Balaban J connectivity index is 1.71. The number of rotatable bonds is 4. The van der Waals surface area contributed by atoms with Crippen LogP contribution in [0.1, 0.15) is 42.0 Å². The standard InChI is InChI=1S/C22H23N5O3/c1-15-7-9-17(10-8-15)27-21(29)18(20(28)25-22(27)30)14-24-26-12-3-2-6-19(26)16-5-4-11-23-13-16/h4-5,7-11,13-14,19,29H,2-3,6,12H2,1H3,(H,25,28,30)/t19-/m1/s1. The van der Waals surface area contributed by atoms with E-state index in [-0.39, 0.29) is 11.6 Å². The Morgan fingerprint density at radius 3 is 2.73 bits per heavy atom. The molecule has 3 heterocycles. The van der Waals surface area contributed by atoms with Crippen molar-refractivity contribution >= 4 is 6.21 Å². The van der Waals surface area contributed by atoms with Gasteiger partial charge in [0.2, 0.25) is 5.88 Å². The number of nitrogens with zero attached hydrogens (tertiary/aromatic N) is 4. The van der Waals surface area contributed by atoms with Gasteiger partial charge in [-0.2, -0.15) is 5.10 Å². The molecule has 8 nitrogen and oxygen atoms in total. The number of aryl methyl sites for hydroxylation is 1. The molecule has 0 unspecified atom stereocenters. The molecule has 0 radical (unpaired) electrons. The maximum Gasteiger partial charge on any atom is 0.335 e. The highest BCUT2D eigenvalue weighted by Crippen LogP contribution is 2.30. The van der Waals surface area contributed by atoms with Crippen molar-refractivity contribution in [2.24, 2.45) is 5.10 Å². The van der Waals surface area contributed by atoms with E-state index in [0.717, 1.165) is 41.5 Å². The van der Waals surface area contributed by atoms with Crippen LogP contribution in [0, 0.1) is 6.92 Å². The Hall–Kier alpha value is -3.68. The molecule has 0 saturated carbocycles. The van der Waals surface area contributed by atoms with Gasteiger partial charge in [0.25, 0.3) is 5.56 Å². The van der Waals surface area contributed by atoms with Crippen LogP contribution in [0.5, 0.6) is 5.88 Å². The number of pyridine rings is 1. The second-order valence-electron chi connectivity index (χ2n) is 7.37. The summed E-state index contributed by atoms with van der Waals surface area (Å²) in [4.78, 5) is 31.2. The summed E-state index contributed by atoms with van der Waals surface area (Å²) in [6.45, 7) is 2.65. The van der Waals surface area contributed by atoms with E-state index in [9.17, 15) is 14.7 Å². The van der Waals surface area contributed by atoms with Crippen LogP contribution in [0.3, 0.4) is 0 Å². The van der Waals surface area contributed by atoms with Gasteiger partial charge in [-0.05, 0) is 49.9 Å². The maximum absolute atomic E-state index is 12.4. The van der Waals surface area contributed by atoms with Gasteiger partial charge in [0.15, 0.2) is 0 Å². The normalized spacial score (nSPS) is 16.8. The quantitative estimate of drug-likeness (QED) is 0.649. The summed E-state index contributed by atoms with van der Waals surface area (Å²) in [7, 11) is 0. The van der Waals surface area contributed by atoms with Gasteiger partial charge in [-0.3, -0.25) is 19.8 Å². The minimum Gasteiger partial charge on any atom is -0.493 e. The lowest BCUT2D eigenvalue weighted by Crippen LogP contribution is -2.32. The summed E-state index contributed by atoms with van der Waals surface area (Å²) in [5, 5.41) is 17.1. The second kappa shape index (κ2) is 8.36. The average molecular weight is 405 g/mol. The topological polar surface area (TPSA) is 104 Å².